The van der Waals surface area contributed by atoms with Gasteiger partial charge in [-0.05, 0) is 54.4 Å². The Hall–Kier alpha value is -4.72. The maximum atomic E-state index is 13.5. The third-order valence-corrected chi connectivity index (χ3v) is 5.66. The number of nitrogens with zero attached hydrogens (tertiary/aromatic N) is 2. The first kappa shape index (κ1) is 24.4. The number of anilines is 1. The molecule has 1 aromatic heterocycles. The molecule has 0 aliphatic carbocycles. The zero-order valence-electron chi connectivity index (χ0n) is 19.7. The molecule has 8 heteroatoms. The Labute approximate surface area is 208 Å². The largest absolute Gasteiger partial charge is 0.467 e. The van der Waals surface area contributed by atoms with E-state index in [-0.39, 0.29) is 23.9 Å². The van der Waals surface area contributed by atoms with Crippen molar-refractivity contribution in [1.29, 1.82) is 0 Å². The molecule has 3 aromatic carbocycles. The van der Waals surface area contributed by atoms with Crippen molar-refractivity contribution in [2.24, 2.45) is 0 Å². The molecular weight excluding hydrogens is 458 g/mol. The average Bonchev–Trinajstić information content (AvgIpc) is 3.41. The normalized spacial score (nSPS) is 10.6. The monoisotopic (exact) mass is 483 g/mol. The number of carbonyl (C=O) groups excluding carboxylic acids is 2. The summed E-state index contributed by atoms with van der Waals surface area (Å²) < 4.78 is 5.24. The number of nitrogens with one attached hydrogen (secondary N) is 1. The summed E-state index contributed by atoms with van der Waals surface area (Å²) in [6.45, 7) is 2.58. The Morgan fingerprint density at radius 3 is 2.36 bits per heavy atom. The van der Waals surface area contributed by atoms with E-state index in [1.165, 1.54) is 24.3 Å². The molecule has 4 rings (SSSR count). The van der Waals surface area contributed by atoms with E-state index in [1.54, 1.807) is 29.4 Å². The van der Waals surface area contributed by atoms with Crippen LogP contribution in [0.4, 0.5) is 11.4 Å². The van der Waals surface area contributed by atoms with Gasteiger partial charge in [-0.25, -0.2) is 0 Å². The number of non-ortho nitro benzene ring substituents is 1. The first-order chi connectivity index (χ1) is 17.4. The van der Waals surface area contributed by atoms with Gasteiger partial charge in [0.15, 0.2) is 0 Å². The number of nitro benzene ring substituents is 1. The highest BCUT2D eigenvalue weighted by molar-refractivity contribution is 6.06. The molecule has 0 bridgehead atoms. The molecule has 0 aliphatic rings. The van der Waals surface area contributed by atoms with E-state index in [0.29, 0.717) is 30.1 Å². The van der Waals surface area contributed by atoms with Crippen LogP contribution in [0.3, 0.4) is 0 Å². The second kappa shape index (κ2) is 11.1. The minimum atomic E-state index is -0.501. The molecule has 2 amide bonds. The fourth-order valence-electron chi connectivity index (χ4n) is 3.72. The summed E-state index contributed by atoms with van der Waals surface area (Å²) >= 11 is 0. The van der Waals surface area contributed by atoms with Crippen LogP contribution in [0.25, 0.3) is 0 Å². The van der Waals surface area contributed by atoms with Gasteiger partial charge >= 0.3 is 0 Å². The smallest absolute Gasteiger partial charge is 0.269 e. The predicted molar refractivity (Wildman–Crippen MR) is 135 cm³/mol. The van der Waals surface area contributed by atoms with Crippen molar-refractivity contribution in [2.75, 3.05) is 4.90 Å². The fourth-order valence-corrected chi connectivity index (χ4v) is 3.72. The SMILES string of the molecule is Cc1ccc(CN(C(=O)c2ccc([N+](=O)[O-])cc2)c2cccc(CC(=O)NCc3ccco3)c2)cc1. The van der Waals surface area contributed by atoms with E-state index in [0.717, 1.165) is 16.7 Å². The van der Waals surface area contributed by atoms with Crippen molar-refractivity contribution in [3.05, 3.63) is 129 Å². The Bertz CT molecular complexity index is 1350. The molecule has 1 heterocycles. The lowest BCUT2D eigenvalue weighted by molar-refractivity contribution is -0.384. The van der Waals surface area contributed by atoms with Crippen LogP contribution in [-0.2, 0) is 24.3 Å². The van der Waals surface area contributed by atoms with Crippen molar-refractivity contribution < 1.29 is 18.9 Å². The molecule has 0 radical (unpaired) electrons. The van der Waals surface area contributed by atoms with Crippen LogP contribution in [0.5, 0.6) is 0 Å². The highest BCUT2D eigenvalue weighted by Crippen LogP contribution is 2.23. The lowest BCUT2D eigenvalue weighted by atomic mass is 10.1. The zero-order chi connectivity index (χ0) is 25.5. The number of amides is 2. The third-order valence-electron chi connectivity index (χ3n) is 5.66. The molecule has 0 aliphatic heterocycles. The molecule has 0 saturated heterocycles. The summed E-state index contributed by atoms with van der Waals surface area (Å²) in [6.07, 6.45) is 1.69. The van der Waals surface area contributed by atoms with Crippen molar-refractivity contribution in [3.8, 4) is 0 Å². The first-order valence-electron chi connectivity index (χ1n) is 11.4. The summed E-state index contributed by atoms with van der Waals surface area (Å²) in [6, 6.07) is 24.2. The van der Waals surface area contributed by atoms with Crippen LogP contribution in [-0.4, -0.2) is 16.7 Å². The van der Waals surface area contributed by atoms with Gasteiger partial charge in [-0.3, -0.25) is 19.7 Å². The van der Waals surface area contributed by atoms with E-state index in [2.05, 4.69) is 5.32 Å². The molecule has 0 unspecified atom stereocenters. The zero-order valence-corrected chi connectivity index (χ0v) is 19.7. The van der Waals surface area contributed by atoms with E-state index in [4.69, 9.17) is 4.42 Å². The minimum absolute atomic E-state index is 0.0841. The maximum absolute atomic E-state index is 13.5. The number of aryl methyl sites for hydroxylation is 1. The van der Waals surface area contributed by atoms with Gasteiger partial charge in [0.2, 0.25) is 5.91 Å². The molecule has 0 spiro atoms. The summed E-state index contributed by atoms with van der Waals surface area (Å²) in [5.74, 6) is 0.190. The van der Waals surface area contributed by atoms with Crippen molar-refractivity contribution >= 4 is 23.2 Å². The Balaban J connectivity index is 1.57. The lowest BCUT2D eigenvalue weighted by Crippen LogP contribution is -2.30. The van der Waals surface area contributed by atoms with Crippen LogP contribution in [0.2, 0.25) is 0 Å². The van der Waals surface area contributed by atoms with Crippen LogP contribution in [0, 0.1) is 17.0 Å². The van der Waals surface area contributed by atoms with Crippen molar-refractivity contribution in [3.63, 3.8) is 0 Å². The summed E-state index contributed by atoms with van der Waals surface area (Å²) in [7, 11) is 0. The number of carbonyl (C=O) groups is 2. The van der Waals surface area contributed by atoms with Gasteiger partial charge in [0, 0.05) is 23.4 Å². The molecule has 0 atom stereocenters. The van der Waals surface area contributed by atoms with E-state index in [9.17, 15) is 19.7 Å². The Morgan fingerprint density at radius 1 is 0.944 bits per heavy atom. The van der Waals surface area contributed by atoms with Gasteiger partial charge < -0.3 is 14.6 Å². The topological polar surface area (TPSA) is 106 Å². The summed E-state index contributed by atoms with van der Waals surface area (Å²) in [5.41, 5.74) is 3.64. The van der Waals surface area contributed by atoms with Crippen LogP contribution >= 0.6 is 0 Å². The Kier molecular flexibility index (Phi) is 7.55. The first-order valence-corrected chi connectivity index (χ1v) is 11.4. The summed E-state index contributed by atoms with van der Waals surface area (Å²) in [5, 5.41) is 13.8. The standard InChI is InChI=1S/C28H25N3O5/c1-20-7-9-21(10-8-20)19-30(28(33)23-11-13-24(14-12-23)31(34)35)25-5-2-4-22(16-25)17-27(32)29-18-26-6-3-15-36-26/h2-16H,17-19H2,1H3,(H,29,32). The molecule has 0 fully saturated rings. The molecule has 36 heavy (non-hydrogen) atoms. The number of rotatable bonds is 9. The molecule has 1 N–H and O–H groups in total. The van der Waals surface area contributed by atoms with Gasteiger partial charge in [0.25, 0.3) is 11.6 Å². The summed E-state index contributed by atoms with van der Waals surface area (Å²) in [4.78, 5) is 38.1. The minimum Gasteiger partial charge on any atom is -0.467 e. The highest BCUT2D eigenvalue weighted by Gasteiger charge is 2.20. The predicted octanol–water partition coefficient (Wildman–Crippen LogP) is 5.20. The second-order valence-corrected chi connectivity index (χ2v) is 8.38. The molecule has 4 aromatic rings. The van der Waals surface area contributed by atoms with Gasteiger partial charge in [-0.15, -0.1) is 0 Å². The van der Waals surface area contributed by atoms with E-state index < -0.39 is 4.92 Å². The van der Waals surface area contributed by atoms with Crippen LogP contribution in [0.1, 0.15) is 32.8 Å². The second-order valence-electron chi connectivity index (χ2n) is 8.38. The van der Waals surface area contributed by atoms with Gasteiger partial charge in [0.05, 0.1) is 30.7 Å². The number of furan rings is 1. The lowest BCUT2D eigenvalue weighted by Gasteiger charge is -2.24. The van der Waals surface area contributed by atoms with Crippen LogP contribution < -0.4 is 10.2 Å². The molecule has 0 saturated carbocycles. The van der Waals surface area contributed by atoms with Gasteiger partial charge in [-0.2, -0.15) is 0 Å². The van der Waals surface area contributed by atoms with E-state index in [1.807, 2.05) is 49.4 Å². The van der Waals surface area contributed by atoms with Gasteiger partial charge in [-0.1, -0.05) is 42.0 Å². The van der Waals surface area contributed by atoms with Crippen LogP contribution in [0.15, 0.2) is 95.6 Å². The number of hydrogen-bond donors (Lipinski definition) is 1. The fraction of sp³-hybridized carbons (Fsp3) is 0.143. The maximum Gasteiger partial charge on any atom is 0.269 e. The number of benzene rings is 3. The van der Waals surface area contributed by atoms with Crippen molar-refractivity contribution in [2.45, 2.75) is 26.4 Å². The third kappa shape index (κ3) is 6.24. The van der Waals surface area contributed by atoms with Gasteiger partial charge in [0.1, 0.15) is 5.76 Å². The van der Waals surface area contributed by atoms with E-state index >= 15 is 0 Å². The number of hydrogen-bond acceptors (Lipinski definition) is 5. The quantitative estimate of drug-likeness (QED) is 0.260. The average molecular weight is 484 g/mol. The molecular formula is C28H25N3O5. The highest BCUT2D eigenvalue weighted by atomic mass is 16.6. The van der Waals surface area contributed by atoms with Crippen molar-refractivity contribution in [1.82, 2.24) is 5.32 Å². The molecule has 8 nitrogen and oxygen atoms in total. The Morgan fingerprint density at radius 2 is 1.69 bits per heavy atom. The number of nitro groups is 1. The molecule has 182 valence electrons.